The minimum atomic E-state index is -1.21. The summed E-state index contributed by atoms with van der Waals surface area (Å²) in [5.74, 6) is -0.842. The Morgan fingerprint density at radius 2 is 1.69 bits per heavy atom. The lowest BCUT2D eigenvalue weighted by molar-refractivity contribution is -0.138. The number of nitrogens with zero attached hydrogens (tertiary/aromatic N) is 1. The van der Waals surface area contributed by atoms with Crippen LogP contribution in [0.2, 0.25) is 0 Å². The lowest BCUT2D eigenvalue weighted by Crippen LogP contribution is -2.48. The highest BCUT2D eigenvalue weighted by atomic mass is 32.2. The fourth-order valence-corrected chi connectivity index (χ4v) is 3.76. The zero-order valence-electron chi connectivity index (χ0n) is 17.0. The van der Waals surface area contributed by atoms with Crippen LogP contribution in [0.25, 0.3) is 0 Å². The molecule has 1 aliphatic rings. The maximum atomic E-state index is 12.8. The Labute approximate surface area is 175 Å². The van der Waals surface area contributed by atoms with Crippen molar-refractivity contribution in [2.75, 3.05) is 5.75 Å². The van der Waals surface area contributed by atoms with Crippen molar-refractivity contribution >= 4 is 29.6 Å². The molecule has 2 aromatic carbocycles. The van der Waals surface area contributed by atoms with Gasteiger partial charge in [-0.25, -0.2) is 4.79 Å². The number of benzene rings is 2. The largest absolute Gasteiger partial charge is 0.344 e. The molecule has 6 nitrogen and oxygen atoms in total. The molecule has 1 heterocycles. The summed E-state index contributed by atoms with van der Waals surface area (Å²) in [5.41, 5.74) is 3.15. The first-order valence-electron chi connectivity index (χ1n) is 9.36. The second-order valence-corrected chi connectivity index (χ2v) is 9.21. The molecule has 1 aliphatic heterocycles. The number of nitrogens with one attached hydrogen (secondary N) is 2. The summed E-state index contributed by atoms with van der Waals surface area (Å²) in [6, 6.07) is 16.3. The van der Waals surface area contributed by atoms with Gasteiger partial charge in [0.1, 0.15) is 5.54 Å². The second-order valence-electron chi connectivity index (χ2n) is 8.16. The molecule has 0 spiro atoms. The Bertz CT molecular complexity index is 923. The SMILES string of the molecule is CC(C)(C)c1ccc(SCC(=O)NN2C(=O)NC(C)(c3ccccc3)C2=O)cc1. The van der Waals surface area contributed by atoms with Gasteiger partial charge in [0.05, 0.1) is 5.75 Å². The van der Waals surface area contributed by atoms with E-state index < -0.39 is 23.4 Å². The van der Waals surface area contributed by atoms with E-state index in [2.05, 4.69) is 31.5 Å². The number of urea groups is 1. The normalized spacial score (nSPS) is 19.2. The average Bonchev–Trinajstić information content (AvgIpc) is 2.91. The van der Waals surface area contributed by atoms with Crippen LogP contribution in [0.5, 0.6) is 0 Å². The van der Waals surface area contributed by atoms with Crippen molar-refractivity contribution in [2.45, 2.75) is 43.5 Å². The molecule has 2 N–H and O–H groups in total. The van der Waals surface area contributed by atoms with Gasteiger partial charge >= 0.3 is 6.03 Å². The Kier molecular flexibility index (Phi) is 5.71. The predicted molar refractivity (Wildman–Crippen MR) is 113 cm³/mol. The van der Waals surface area contributed by atoms with Gasteiger partial charge in [-0.3, -0.25) is 15.0 Å². The third kappa shape index (κ3) is 4.45. The summed E-state index contributed by atoms with van der Waals surface area (Å²) in [6.07, 6.45) is 0. The van der Waals surface area contributed by atoms with Gasteiger partial charge in [-0.15, -0.1) is 11.8 Å². The monoisotopic (exact) mass is 411 g/mol. The van der Waals surface area contributed by atoms with Gasteiger partial charge in [-0.2, -0.15) is 5.01 Å². The molecule has 0 aliphatic carbocycles. The maximum Gasteiger partial charge on any atom is 0.344 e. The Morgan fingerprint density at radius 3 is 2.28 bits per heavy atom. The van der Waals surface area contributed by atoms with E-state index in [0.717, 1.165) is 9.90 Å². The van der Waals surface area contributed by atoms with Crippen LogP contribution in [0.3, 0.4) is 0 Å². The molecule has 3 rings (SSSR count). The van der Waals surface area contributed by atoms with Crippen LogP contribution in [-0.2, 0) is 20.5 Å². The topological polar surface area (TPSA) is 78.5 Å². The number of thioether (sulfide) groups is 1. The van der Waals surface area contributed by atoms with Crippen LogP contribution < -0.4 is 10.7 Å². The highest BCUT2D eigenvalue weighted by Gasteiger charge is 2.49. The summed E-state index contributed by atoms with van der Waals surface area (Å²) in [6.45, 7) is 8.05. The lowest BCUT2D eigenvalue weighted by Gasteiger charge is -2.22. The molecular formula is C22H25N3O3S. The maximum absolute atomic E-state index is 12.8. The number of hydrazine groups is 1. The first kappa shape index (κ1) is 20.9. The molecule has 7 heteroatoms. The molecule has 1 saturated heterocycles. The van der Waals surface area contributed by atoms with Crippen LogP contribution in [0.15, 0.2) is 59.5 Å². The number of hydrogen-bond donors (Lipinski definition) is 2. The minimum Gasteiger partial charge on any atom is -0.318 e. The molecule has 152 valence electrons. The van der Waals surface area contributed by atoms with Crippen LogP contribution in [-0.4, -0.2) is 28.6 Å². The van der Waals surface area contributed by atoms with E-state index in [-0.39, 0.29) is 11.2 Å². The van der Waals surface area contributed by atoms with Crippen molar-refractivity contribution in [2.24, 2.45) is 0 Å². The lowest BCUT2D eigenvalue weighted by atomic mass is 9.87. The molecule has 4 amide bonds. The first-order chi connectivity index (χ1) is 13.6. The van der Waals surface area contributed by atoms with Crippen molar-refractivity contribution in [1.82, 2.24) is 15.8 Å². The van der Waals surface area contributed by atoms with Gasteiger partial charge in [-0.05, 0) is 35.6 Å². The fourth-order valence-electron chi connectivity index (χ4n) is 3.06. The van der Waals surface area contributed by atoms with E-state index in [1.54, 1.807) is 31.2 Å². The zero-order valence-corrected chi connectivity index (χ0v) is 17.8. The van der Waals surface area contributed by atoms with E-state index in [0.29, 0.717) is 5.56 Å². The summed E-state index contributed by atoms with van der Waals surface area (Å²) < 4.78 is 0. The van der Waals surface area contributed by atoms with E-state index in [4.69, 9.17) is 0 Å². The molecule has 1 atom stereocenters. The second kappa shape index (κ2) is 7.91. The summed E-state index contributed by atoms with van der Waals surface area (Å²) in [4.78, 5) is 38.4. The van der Waals surface area contributed by atoms with Crippen LogP contribution in [0.4, 0.5) is 4.79 Å². The van der Waals surface area contributed by atoms with Gasteiger partial charge < -0.3 is 5.32 Å². The van der Waals surface area contributed by atoms with Crippen molar-refractivity contribution in [1.29, 1.82) is 0 Å². The van der Waals surface area contributed by atoms with E-state index >= 15 is 0 Å². The van der Waals surface area contributed by atoms with Gasteiger partial charge in [0.2, 0.25) is 5.91 Å². The third-order valence-electron chi connectivity index (χ3n) is 4.87. The van der Waals surface area contributed by atoms with Crippen molar-refractivity contribution in [3.05, 3.63) is 65.7 Å². The van der Waals surface area contributed by atoms with Crippen molar-refractivity contribution in [3.63, 3.8) is 0 Å². The smallest absolute Gasteiger partial charge is 0.318 e. The molecule has 0 aromatic heterocycles. The summed E-state index contributed by atoms with van der Waals surface area (Å²) >= 11 is 1.35. The number of hydrogen-bond acceptors (Lipinski definition) is 4. The van der Waals surface area contributed by atoms with Crippen molar-refractivity contribution < 1.29 is 14.4 Å². The zero-order chi connectivity index (χ0) is 21.2. The van der Waals surface area contributed by atoms with Gasteiger partial charge in [0.25, 0.3) is 5.91 Å². The Hall–Kier alpha value is -2.80. The molecular weight excluding hydrogens is 386 g/mol. The van der Waals surface area contributed by atoms with Crippen LogP contribution in [0.1, 0.15) is 38.8 Å². The van der Waals surface area contributed by atoms with Crippen LogP contribution in [0, 0.1) is 0 Å². The van der Waals surface area contributed by atoms with Gasteiger partial charge in [0.15, 0.2) is 0 Å². The number of imide groups is 1. The molecule has 2 aromatic rings. The predicted octanol–water partition coefficient (Wildman–Crippen LogP) is 3.57. The standard InChI is InChI=1S/C22H25N3O3S/c1-21(2,3)15-10-12-17(13-11-15)29-14-18(26)24-25-19(27)22(4,23-20(25)28)16-8-6-5-7-9-16/h5-13H,14H2,1-4H3,(H,23,28)(H,24,26). The van der Waals surface area contributed by atoms with E-state index in [1.165, 1.54) is 17.3 Å². The highest BCUT2D eigenvalue weighted by molar-refractivity contribution is 8.00. The van der Waals surface area contributed by atoms with Gasteiger partial charge in [0, 0.05) is 4.90 Å². The molecule has 1 fully saturated rings. The Morgan fingerprint density at radius 1 is 1.07 bits per heavy atom. The quantitative estimate of drug-likeness (QED) is 0.582. The highest BCUT2D eigenvalue weighted by Crippen LogP contribution is 2.28. The summed E-state index contributed by atoms with van der Waals surface area (Å²) in [7, 11) is 0. The minimum absolute atomic E-state index is 0.0649. The first-order valence-corrected chi connectivity index (χ1v) is 10.3. The number of carbonyl (C=O) groups is 3. The molecule has 0 saturated carbocycles. The fraction of sp³-hybridized carbons (Fsp3) is 0.318. The van der Waals surface area contributed by atoms with Crippen molar-refractivity contribution in [3.8, 4) is 0 Å². The molecule has 1 unspecified atom stereocenters. The summed E-state index contributed by atoms with van der Waals surface area (Å²) in [5, 5.41) is 3.42. The molecule has 0 bridgehead atoms. The molecule has 29 heavy (non-hydrogen) atoms. The number of rotatable bonds is 5. The Balaban J connectivity index is 1.61. The number of amides is 4. The number of carbonyl (C=O) groups excluding carboxylic acids is 3. The average molecular weight is 412 g/mol. The van der Waals surface area contributed by atoms with E-state index in [9.17, 15) is 14.4 Å². The van der Waals surface area contributed by atoms with Crippen LogP contribution >= 0.6 is 11.8 Å². The van der Waals surface area contributed by atoms with E-state index in [1.807, 2.05) is 30.3 Å². The van der Waals surface area contributed by atoms with Gasteiger partial charge in [-0.1, -0.05) is 63.2 Å². The molecule has 0 radical (unpaired) electrons. The third-order valence-corrected chi connectivity index (χ3v) is 5.88.